The van der Waals surface area contributed by atoms with E-state index in [4.69, 9.17) is 4.74 Å². The van der Waals surface area contributed by atoms with Gasteiger partial charge in [0.1, 0.15) is 18.0 Å². The number of phenolic OH excluding ortho intramolecular Hbond substituents is 1. The molecule has 5 nitrogen and oxygen atoms in total. The van der Waals surface area contributed by atoms with Crippen molar-refractivity contribution in [2.45, 2.75) is 6.92 Å². The first-order chi connectivity index (χ1) is 8.16. The molecule has 0 fully saturated rings. The Labute approximate surface area is 98.3 Å². The smallest absolute Gasteiger partial charge is 0.167 e. The normalized spacial score (nSPS) is 10.2. The van der Waals surface area contributed by atoms with Crippen molar-refractivity contribution < 1.29 is 14.6 Å². The van der Waals surface area contributed by atoms with E-state index in [2.05, 4.69) is 5.10 Å². The van der Waals surface area contributed by atoms with Gasteiger partial charge in [0.15, 0.2) is 11.5 Å². The monoisotopic (exact) mass is 232 g/mol. The summed E-state index contributed by atoms with van der Waals surface area (Å²) in [5, 5.41) is 13.7. The molecule has 1 aromatic carbocycles. The number of ketones is 1. The van der Waals surface area contributed by atoms with Crippen LogP contribution in [0, 0.1) is 0 Å². The third kappa shape index (κ3) is 2.63. The van der Waals surface area contributed by atoms with Crippen LogP contribution in [0.15, 0.2) is 36.7 Å². The van der Waals surface area contributed by atoms with Crippen LogP contribution in [0.2, 0.25) is 0 Å². The molecule has 0 saturated heterocycles. The molecule has 0 aliphatic rings. The van der Waals surface area contributed by atoms with Crippen molar-refractivity contribution in [1.82, 2.24) is 9.78 Å². The number of Topliss-reactive ketones (excluding diaryl/α,β-unsaturated/α-hetero) is 1. The second kappa shape index (κ2) is 4.69. The molecule has 0 bridgehead atoms. The van der Waals surface area contributed by atoms with Crippen LogP contribution in [-0.4, -0.2) is 27.3 Å². The van der Waals surface area contributed by atoms with Gasteiger partial charge in [-0.2, -0.15) is 5.10 Å². The van der Waals surface area contributed by atoms with Gasteiger partial charge < -0.3 is 9.84 Å². The highest BCUT2D eigenvalue weighted by Crippen LogP contribution is 2.21. The molecule has 0 amide bonds. The van der Waals surface area contributed by atoms with Gasteiger partial charge in [-0.25, -0.2) is 4.68 Å². The largest absolute Gasteiger partial charge is 0.506 e. The number of aromatic hydroxyl groups is 1. The van der Waals surface area contributed by atoms with E-state index in [1.807, 2.05) is 0 Å². The minimum atomic E-state index is -0.0553. The second-order valence-electron chi connectivity index (χ2n) is 3.60. The maximum absolute atomic E-state index is 10.8. The zero-order chi connectivity index (χ0) is 12.3. The van der Waals surface area contributed by atoms with Crippen molar-refractivity contribution in [1.29, 1.82) is 0 Å². The van der Waals surface area contributed by atoms with Crippen LogP contribution < -0.4 is 4.74 Å². The van der Waals surface area contributed by atoms with Crippen LogP contribution in [0.25, 0.3) is 5.69 Å². The fourth-order valence-corrected chi connectivity index (χ4v) is 1.36. The van der Waals surface area contributed by atoms with Crippen LogP contribution in [0.5, 0.6) is 11.5 Å². The summed E-state index contributed by atoms with van der Waals surface area (Å²) < 4.78 is 6.69. The van der Waals surface area contributed by atoms with E-state index in [1.54, 1.807) is 30.5 Å². The predicted octanol–water partition coefficient (Wildman–Crippen LogP) is 1.55. The molecule has 17 heavy (non-hydrogen) atoms. The Hall–Kier alpha value is -2.30. The van der Waals surface area contributed by atoms with Gasteiger partial charge >= 0.3 is 0 Å². The van der Waals surface area contributed by atoms with E-state index in [9.17, 15) is 9.90 Å². The summed E-state index contributed by atoms with van der Waals surface area (Å²) in [4.78, 5) is 10.8. The molecule has 0 saturated carbocycles. The number of phenols is 1. The highest BCUT2D eigenvalue weighted by Gasteiger charge is 2.06. The van der Waals surface area contributed by atoms with E-state index in [-0.39, 0.29) is 18.1 Å². The Bertz CT molecular complexity index is 534. The van der Waals surface area contributed by atoms with Gasteiger partial charge in [-0.05, 0) is 19.1 Å². The lowest BCUT2D eigenvalue weighted by Gasteiger charge is -2.03. The molecule has 0 aliphatic carbocycles. The van der Waals surface area contributed by atoms with E-state index >= 15 is 0 Å². The van der Waals surface area contributed by atoms with Crippen LogP contribution in [0.1, 0.15) is 6.92 Å². The number of benzene rings is 1. The first-order valence-corrected chi connectivity index (χ1v) is 5.12. The zero-order valence-corrected chi connectivity index (χ0v) is 9.33. The van der Waals surface area contributed by atoms with Gasteiger partial charge in [-0.15, -0.1) is 0 Å². The van der Waals surface area contributed by atoms with Crippen molar-refractivity contribution in [3.8, 4) is 17.2 Å². The molecule has 0 unspecified atom stereocenters. The molecular weight excluding hydrogens is 220 g/mol. The lowest BCUT2D eigenvalue weighted by atomic mass is 10.3. The summed E-state index contributed by atoms with van der Waals surface area (Å²) in [6, 6.07) is 6.84. The molecule has 88 valence electrons. The average Bonchev–Trinajstić information content (AvgIpc) is 2.75. The van der Waals surface area contributed by atoms with E-state index < -0.39 is 0 Å². The minimum Gasteiger partial charge on any atom is -0.506 e. The van der Waals surface area contributed by atoms with Crippen molar-refractivity contribution in [3.05, 3.63) is 36.7 Å². The number of aromatic nitrogens is 2. The first kappa shape index (κ1) is 11.2. The van der Waals surface area contributed by atoms with Gasteiger partial charge in [-0.3, -0.25) is 4.79 Å². The second-order valence-corrected chi connectivity index (χ2v) is 3.60. The van der Waals surface area contributed by atoms with Crippen molar-refractivity contribution >= 4 is 5.78 Å². The number of para-hydroxylation sites is 2. The Balaban J connectivity index is 2.18. The molecule has 2 rings (SSSR count). The van der Waals surface area contributed by atoms with Crippen LogP contribution in [0.4, 0.5) is 0 Å². The summed E-state index contributed by atoms with van der Waals surface area (Å²) >= 11 is 0. The number of hydrogen-bond donors (Lipinski definition) is 1. The Morgan fingerprint density at radius 3 is 2.94 bits per heavy atom. The molecule has 1 heterocycles. The standard InChI is InChI=1S/C12H12N2O3/c1-9(15)8-17-10-6-13-14(7-10)11-4-2-3-5-12(11)16/h2-7,16H,8H2,1H3. The number of carbonyl (C=O) groups is 1. The third-order valence-electron chi connectivity index (χ3n) is 2.13. The highest BCUT2D eigenvalue weighted by molar-refractivity contribution is 5.77. The van der Waals surface area contributed by atoms with E-state index in [0.717, 1.165) is 0 Å². The van der Waals surface area contributed by atoms with E-state index in [1.165, 1.54) is 17.8 Å². The fourth-order valence-electron chi connectivity index (χ4n) is 1.36. The number of nitrogens with zero attached hydrogens (tertiary/aromatic N) is 2. The van der Waals surface area contributed by atoms with Gasteiger partial charge in [-0.1, -0.05) is 12.1 Å². The number of carbonyl (C=O) groups excluding carboxylic acids is 1. The van der Waals surface area contributed by atoms with Crippen LogP contribution in [-0.2, 0) is 4.79 Å². The number of ether oxygens (including phenoxy) is 1. The Kier molecular flexibility index (Phi) is 3.09. The summed E-state index contributed by atoms with van der Waals surface area (Å²) in [5.41, 5.74) is 0.560. The van der Waals surface area contributed by atoms with Crippen LogP contribution >= 0.6 is 0 Å². The summed E-state index contributed by atoms with van der Waals surface area (Å²) in [7, 11) is 0. The van der Waals surface area contributed by atoms with Gasteiger partial charge in [0.2, 0.25) is 0 Å². The lowest BCUT2D eigenvalue weighted by Crippen LogP contribution is -2.05. The maximum atomic E-state index is 10.8. The molecule has 1 N–H and O–H groups in total. The minimum absolute atomic E-state index is 0.0203. The average molecular weight is 232 g/mol. The van der Waals surface area contributed by atoms with Crippen molar-refractivity contribution in [3.63, 3.8) is 0 Å². The summed E-state index contributed by atoms with van der Waals surface area (Å²) in [6.07, 6.45) is 3.10. The maximum Gasteiger partial charge on any atom is 0.167 e. The third-order valence-corrected chi connectivity index (χ3v) is 2.13. The number of hydrogen-bond acceptors (Lipinski definition) is 4. The topological polar surface area (TPSA) is 64.3 Å². The predicted molar refractivity (Wildman–Crippen MR) is 61.4 cm³/mol. The Morgan fingerprint density at radius 1 is 1.47 bits per heavy atom. The molecule has 0 atom stereocenters. The quantitative estimate of drug-likeness (QED) is 0.868. The molecule has 2 aromatic rings. The van der Waals surface area contributed by atoms with Gasteiger partial charge in [0.05, 0.1) is 12.4 Å². The van der Waals surface area contributed by atoms with Crippen molar-refractivity contribution in [2.75, 3.05) is 6.61 Å². The molecule has 1 aromatic heterocycles. The SMILES string of the molecule is CC(=O)COc1cnn(-c2ccccc2O)c1. The highest BCUT2D eigenvalue weighted by atomic mass is 16.5. The molecule has 5 heteroatoms. The van der Waals surface area contributed by atoms with Crippen molar-refractivity contribution in [2.24, 2.45) is 0 Å². The molecule has 0 aliphatic heterocycles. The molecule has 0 spiro atoms. The van der Waals surface area contributed by atoms with Crippen LogP contribution in [0.3, 0.4) is 0 Å². The number of rotatable bonds is 4. The summed E-state index contributed by atoms with van der Waals surface area (Å²) in [5.74, 6) is 0.567. The lowest BCUT2D eigenvalue weighted by molar-refractivity contribution is -0.118. The van der Waals surface area contributed by atoms with Gasteiger partial charge in [0.25, 0.3) is 0 Å². The fraction of sp³-hybridized carbons (Fsp3) is 0.167. The summed E-state index contributed by atoms with van der Waals surface area (Å²) in [6.45, 7) is 1.47. The Morgan fingerprint density at radius 2 is 2.24 bits per heavy atom. The van der Waals surface area contributed by atoms with Gasteiger partial charge in [0, 0.05) is 0 Å². The zero-order valence-electron chi connectivity index (χ0n) is 9.33. The first-order valence-electron chi connectivity index (χ1n) is 5.12. The molecule has 0 radical (unpaired) electrons. The van der Waals surface area contributed by atoms with E-state index in [0.29, 0.717) is 11.4 Å². The molecular formula is C12H12N2O3.